The van der Waals surface area contributed by atoms with Crippen molar-refractivity contribution in [3.05, 3.63) is 35.1 Å². The van der Waals surface area contributed by atoms with Crippen LogP contribution >= 0.6 is 0 Å². The first-order valence-corrected chi connectivity index (χ1v) is 6.25. The highest BCUT2D eigenvalue weighted by atomic mass is 19.1. The zero-order valence-corrected chi connectivity index (χ0v) is 10.6. The monoisotopic (exact) mass is 247 g/mol. The smallest absolute Gasteiger partial charge is 0.124 e. The van der Waals surface area contributed by atoms with Gasteiger partial charge in [-0.25, -0.2) is 4.39 Å². The van der Waals surface area contributed by atoms with Crippen molar-refractivity contribution in [1.29, 1.82) is 0 Å². The van der Waals surface area contributed by atoms with Crippen LogP contribution in [0.1, 0.15) is 24.0 Å². The normalized spacial score (nSPS) is 14.4. The third-order valence-electron chi connectivity index (χ3n) is 3.08. The summed E-state index contributed by atoms with van der Waals surface area (Å²) in [4.78, 5) is 2.25. The second-order valence-corrected chi connectivity index (χ2v) is 4.90. The fraction of sp³-hybridized carbons (Fsp3) is 0.467. The van der Waals surface area contributed by atoms with Gasteiger partial charge in [0, 0.05) is 18.7 Å². The van der Waals surface area contributed by atoms with Crippen molar-refractivity contribution in [3.8, 4) is 11.8 Å². The Morgan fingerprint density at radius 1 is 1.44 bits per heavy atom. The van der Waals surface area contributed by atoms with Crippen molar-refractivity contribution in [3.63, 3.8) is 0 Å². The van der Waals surface area contributed by atoms with Crippen LogP contribution in [0.25, 0.3) is 0 Å². The number of hydrogen-bond donors (Lipinski definition) is 1. The SMILES string of the molecule is CN(Cc1ccc(F)cc1C#CCO)CC1CC1. The second-order valence-electron chi connectivity index (χ2n) is 4.90. The van der Waals surface area contributed by atoms with Crippen LogP contribution in [0.4, 0.5) is 4.39 Å². The lowest BCUT2D eigenvalue weighted by molar-refractivity contribution is 0.312. The van der Waals surface area contributed by atoms with E-state index in [1.54, 1.807) is 6.07 Å². The van der Waals surface area contributed by atoms with Crippen LogP contribution in [0.3, 0.4) is 0 Å². The quantitative estimate of drug-likeness (QED) is 0.823. The van der Waals surface area contributed by atoms with Gasteiger partial charge in [-0.3, -0.25) is 0 Å². The first-order valence-electron chi connectivity index (χ1n) is 6.25. The fourth-order valence-corrected chi connectivity index (χ4v) is 2.03. The fourth-order valence-electron chi connectivity index (χ4n) is 2.03. The molecule has 2 nitrogen and oxygen atoms in total. The number of halogens is 1. The minimum atomic E-state index is -0.286. The molecular formula is C15H18FNO. The summed E-state index contributed by atoms with van der Waals surface area (Å²) in [6, 6.07) is 4.67. The van der Waals surface area contributed by atoms with Gasteiger partial charge in [0.15, 0.2) is 0 Å². The molecule has 3 heteroatoms. The van der Waals surface area contributed by atoms with Gasteiger partial charge in [0.2, 0.25) is 0 Å². The van der Waals surface area contributed by atoms with Crippen LogP contribution in [-0.4, -0.2) is 30.2 Å². The van der Waals surface area contributed by atoms with Gasteiger partial charge in [0.25, 0.3) is 0 Å². The summed E-state index contributed by atoms with van der Waals surface area (Å²) in [7, 11) is 2.07. The molecular weight excluding hydrogens is 229 g/mol. The molecule has 1 aromatic carbocycles. The molecule has 1 N–H and O–H groups in total. The maximum absolute atomic E-state index is 13.2. The van der Waals surface area contributed by atoms with E-state index in [4.69, 9.17) is 5.11 Å². The Morgan fingerprint density at radius 2 is 2.22 bits per heavy atom. The summed E-state index contributed by atoms with van der Waals surface area (Å²) >= 11 is 0. The minimum Gasteiger partial charge on any atom is -0.384 e. The maximum Gasteiger partial charge on any atom is 0.124 e. The number of aliphatic hydroxyl groups is 1. The van der Waals surface area contributed by atoms with Crippen LogP contribution in [0.15, 0.2) is 18.2 Å². The number of aliphatic hydroxyl groups excluding tert-OH is 1. The summed E-state index contributed by atoms with van der Waals surface area (Å²) < 4.78 is 13.2. The van der Waals surface area contributed by atoms with E-state index in [0.29, 0.717) is 5.56 Å². The van der Waals surface area contributed by atoms with Crippen molar-refractivity contribution >= 4 is 0 Å². The molecule has 0 bridgehead atoms. The van der Waals surface area contributed by atoms with Crippen molar-refractivity contribution in [1.82, 2.24) is 4.90 Å². The zero-order chi connectivity index (χ0) is 13.0. The van der Waals surface area contributed by atoms with E-state index in [9.17, 15) is 4.39 Å². The lowest BCUT2D eigenvalue weighted by Gasteiger charge is -2.17. The van der Waals surface area contributed by atoms with Crippen molar-refractivity contribution in [2.24, 2.45) is 5.92 Å². The van der Waals surface area contributed by atoms with Crippen molar-refractivity contribution < 1.29 is 9.50 Å². The van der Waals surface area contributed by atoms with Gasteiger partial charge in [-0.15, -0.1) is 0 Å². The molecule has 0 saturated heterocycles. The predicted octanol–water partition coefficient (Wildman–Crippen LogP) is 2.01. The molecule has 96 valence electrons. The van der Waals surface area contributed by atoms with Crippen LogP contribution in [0, 0.1) is 23.6 Å². The molecule has 1 fully saturated rings. The van der Waals surface area contributed by atoms with Gasteiger partial charge in [-0.1, -0.05) is 17.9 Å². The lowest BCUT2D eigenvalue weighted by Crippen LogP contribution is -2.21. The Hall–Kier alpha value is -1.37. The van der Waals surface area contributed by atoms with E-state index < -0.39 is 0 Å². The van der Waals surface area contributed by atoms with Gasteiger partial charge in [0.05, 0.1) is 0 Å². The number of benzene rings is 1. The van der Waals surface area contributed by atoms with E-state index in [1.165, 1.54) is 25.0 Å². The molecule has 18 heavy (non-hydrogen) atoms. The summed E-state index contributed by atoms with van der Waals surface area (Å²) in [5.74, 6) is 5.94. The van der Waals surface area contributed by atoms with Crippen LogP contribution in [-0.2, 0) is 6.54 Å². The van der Waals surface area contributed by atoms with E-state index in [1.807, 2.05) is 0 Å². The molecule has 2 rings (SSSR count). The Balaban J connectivity index is 2.09. The third-order valence-corrected chi connectivity index (χ3v) is 3.08. The molecule has 1 aliphatic carbocycles. The van der Waals surface area contributed by atoms with Crippen LogP contribution < -0.4 is 0 Å². The lowest BCUT2D eigenvalue weighted by atomic mass is 10.1. The third kappa shape index (κ3) is 3.83. The van der Waals surface area contributed by atoms with Gasteiger partial charge in [-0.05, 0) is 43.5 Å². The summed E-state index contributed by atoms with van der Waals surface area (Å²) in [6.07, 6.45) is 2.65. The second kappa shape index (κ2) is 5.99. The Morgan fingerprint density at radius 3 is 2.89 bits per heavy atom. The molecule has 0 aromatic heterocycles. The summed E-state index contributed by atoms with van der Waals surface area (Å²) in [5, 5.41) is 8.72. The minimum absolute atomic E-state index is 0.201. The van der Waals surface area contributed by atoms with E-state index in [2.05, 4.69) is 23.8 Å². The molecule has 1 aromatic rings. The average molecular weight is 247 g/mol. The molecule has 0 spiro atoms. The maximum atomic E-state index is 13.2. The van der Waals surface area contributed by atoms with Crippen molar-refractivity contribution in [2.45, 2.75) is 19.4 Å². The molecule has 0 atom stereocenters. The standard InChI is InChI=1S/C15H18FNO/c1-17(10-12-4-5-12)11-14-6-7-15(16)9-13(14)3-2-8-18/h6-7,9,12,18H,4-5,8,10-11H2,1H3. The first-order chi connectivity index (χ1) is 8.69. The largest absolute Gasteiger partial charge is 0.384 e. The number of rotatable bonds is 4. The topological polar surface area (TPSA) is 23.5 Å². The number of nitrogens with zero attached hydrogens (tertiary/aromatic N) is 1. The Labute approximate surface area is 107 Å². The highest BCUT2D eigenvalue weighted by Gasteiger charge is 2.22. The number of hydrogen-bond acceptors (Lipinski definition) is 2. The van der Waals surface area contributed by atoms with Crippen molar-refractivity contribution in [2.75, 3.05) is 20.2 Å². The Kier molecular flexibility index (Phi) is 4.35. The van der Waals surface area contributed by atoms with Gasteiger partial charge >= 0.3 is 0 Å². The molecule has 0 aliphatic heterocycles. The average Bonchev–Trinajstić information content (AvgIpc) is 3.13. The van der Waals surface area contributed by atoms with E-state index >= 15 is 0 Å². The van der Waals surface area contributed by atoms with Crippen LogP contribution in [0.5, 0.6) is 0 Å². The summed E-state index contributed by atoms with van der Waals surface area (Å²) in [6.45, 7) is 1.66. The molecule has 1 aliphatic rings. The van der Waals surface area contributed by atoms with Gasteiger partial charge in [0.1, 0.15) is 12.4 Å². The summed E-state index contributed by atoms with van der Waals surface area (Å²) in [5.41, 5.74) is 1.69. The molecule has 1 saturated carbocycles. The first kappa shape index (κ1) is 13.1. The molecule has 0 unspecified atom stereocenters. The van der Waals surface area contributed by atoms with E-state index in [-0.39, 0.29) is 12.4 Å². The highest BCUT2D eigenvalue weighted by molar-refractivity contribution is 5.41. The predicted molar refractivity (Wildman–Crippen MR) is 69.4 cm³/mol. The Bertz CT molecular complexity index is 471. The van der Waals surface area contributed by atoms with Gasteiger partial charge < -0.3 is 10.0 Å². The van der Waals surface area contributed by atoms with E-state index in [0.717, 1.165) is 24.6 Å². The zero-order valence-electron chi connectivity index (χ0n) is 10.6. The molecule has 0 heterocycles. The molecule has 0 radical (unpaired) electrons. The molecule has 0 amide bonds. The highest BCUT2D eigenvalue weighted by Crippen LogP contribution is 2.29. The van der Waals surface area contributed by atoms with Gasteiger partial charge in [-0.2, -0.15) is 0 Å². The van der Waals surface area contributed by atoms with Crippen LogP contribution in [0.2, 0.25) is 0 Å².